The fourth-order valence-electron chi connectivity index (χ4n) is 3.82. The second-order valence-electron chi connectivity index (χ2n) is 8.30. The largest absolute Gasteiger partial charge is 0.495 e. The number of nitrogens with zero attached hydrogens (tertiary/aromatic N) is 2. The Morgan fingerprint density at radius 3 is 2.06 bits per heavy atom. The van der Waals surface area contributed by atoms with Crippen molar-refractivity contribution in [1.82, 2.24) is 0 Å². The third-order valence-corrected chi connectivity index (χ3v) is 5.66. The lowest BCUT2D eigenvalue weighted by atomic mass is 10.0. The highest BCUT2D eigenvalue weighted by Crippen LogP contribution is 2.36. The van der Waals surface area contributed by atoms with Crippen molar-refractivity contribution in [2.45, 2.75) is 13.8 Å². The van der Waals surface area contributed by atoms with Gasteiger partial charge in [0, 0.05) is 19.8 Å². The van der Waals surface area contributed by atoms with Crippen LogP contribution < -0.4 is 19.9 Å². The van der Waals surface area contributed by atoms with Crippen LogP contribution in [0.15, 0.2) is 72.4 Å². The van der Waals surface area contributed by atoms with Gasteiger partial charge >= 0.3 is 0 Å². The molecule has 168 valence electrons. The van der Waals surface area contributed by atoms with Gasteiger partial charge < -0.3 is 15.0 Å². The predicted octanol–water partition coefficient (Wildman–Crippen LogP) is 4.77. The topological polar surface area (TPSA) is 61.9 Å². The maximum Gasteiger partial charge on any atom is 0.282 e. The first kappa shape index (κ1) is 22.1. The Hall–Kier alpha value is -4.06. The molecule has 0 atom stereocenters. The molecule has 1 heterocycles. The molecule has 3 aromatic rings. The average molecular weight is 442 g/mol. The van der Waals surface area contributed by atoms with Crippen LogP contribution >= 0.6 is 0 Å². The monoisotopic (exact) mass is 441 g/mol. The van der Waals surface area contributed by atoms with Crippen LogP contribution in [0.3, 0.4) is 0 Å². The first-order chi connectivity index (χ1) is 15.8. The van der Waals surface area contributed by atoms with E-state index in [0.29, 0.717) is 28.3 Å². The Morgan fingerprint density at radius 1 is 0.818 bits per heavy atom. The van der Waals surface area contributed by atoms with E-state index in [0.717, 1.165) is 16.8 Å². The van der Waals surface area contributed by atoms with E-state index in [2.05, 4.69) is 5.32 Å². The van der Waals surface area contributed by atoms with Gasteiger partial charge in [0.2, 0.25) is 0 Å². The highest BCUT2D eigenvalue weighted by atomic mass is 16.5. The average Bonchev–Trinajstić information content (AvgIpc) is 3.04. The fraction of sp³-hybridized carbons (Fsp3) is 0.185. The van der Waals surface area contributed by atoms with E-state index in [9.17, 15) is 9.59 Å². The van der Waals surface area contributed by atoms with E-state index < -0.39 is 5.91 Å². The number of rotatable bonds is 6. The lowest BCUT2D eigenvalue weighted by Crippen LogP contribution is -2.32. The number of hydrogen-bond donors (Lipinski definition) is 1. The van der Waals surface area contributed by atoms with Crippen LogP contribution in [-0.4, -0.2) is 33.0 Å². The second-order valence-corrected chi connectivity index (χ2v) is 8.30. The van der Waals surface area contributed by atoms with Crippen LogP contribution in [0.5, 0.6) is 5.75 Å². The third kappa shape index (κ3) is 4.20. The molecular weight excluding hydrogens is 414 g/mol. The molecule has 0 fully saturated rings. The van der Waals surface area contributed by atoms with Crippen molar-refractivity contribution in [3.05, 3.63) is 89.1 Å². The summed E-state index contributed by atoms with van der Waals surface area (Å²) < 4.78 is 5.48. The number of benzene rings is 3. The van der Waals surface area contributed by atoms with Gasteiger partial charge in [-0.1, -0.05) is 35.9 Å². The van der Waals surface area contributed by atoms with Gasteiger partial charge in [0.1, 0.15) is 11.4 Å². The molecule has 1 N–H and O–H groups in total. The van der Waals surface area contributed by atoms with Gasteiger partial charge in [-0.2, -0.15) is 0 Å². The molecule has 6 heteroatoms. The van der Waals surface area contributed by atoms with E-state index in [4.69, 9.17) is 4.74 Å². The molecule has 0 bridgehead atoms. The third-order valence-electron chi connectivity index (χ3n) is 5.66. The molecule has 0 aromatic heterocycles. The Kier molecular flexibility index (Phi) is 5.92. The van der Waals surface area contributed by atoms with Crippen molar-refractivity contribution < 1.29 is 14.3 Å². The van der Waals surface area contributed by atoms with E-state index >= 15 is 0 Å². The summed E-state index contributed by atoms with van der Waals surface area (Å²) in [5.41, 5.74) is 5.44. The molecule has 0 saturated heterocycles. The molecule has 0 unspecified atom stereocenters. The van der Waals surface area contributed by atoms with Crippen LogP contribution in [0.2, 0.25) is 0 Å². The first-order valence-electron chi connectivity index (χ1n) is 10.7. The molecular formula is C27H27N3O3. The van der Waals surface area contributed by atoms with E-state index in [1.54, 1.807) is 19.2 Å². The summed E-state index contributed by atoms with van der Waals surface area (Å²) in [5, 5.41) is 3.21. The molecule has 1 aliphatic rings. The van der Waals surface area contributed by atoms with Gasteiger partial charge in [-0.3, -0.25) is 9.59 Å². The zero-order valence-corrected chi connectivity index (χ0v) is 19.5. The quantitative estimate of drug-likeness (QED) is 0.558. The molecule has 1 aliphatic heterocycles. The first-order valence-corrected chi connectivity index (χ1v) is 10.7. The number of carbonyl (C=O) groups excluding carboxylic acids is 2. The summed E-state index contributed by atoms with van der Waals surface area (Å²) in [6.45, 7) is 3.94. The summed E-state index contributed by atoms with van der Waals surface area (Å²) in [7, 11) is 5.45. The molecule has 2 amide bonds. The van der Waals surface area contributed by atoms with Crippen molar-refractivity contribution in [3.63, 3.8) is 0 Å². The zero-order valence-electron chi connectivity index (χ0n) is 19.5. The lowest BCUT2D eigenvalue weighted by molar-refractivity contribution is -0.120. The van der Waals surface area contributed by atoms with Crippen molar-refractivity contribution in [1.29, 1.82) is 0 Å². The Bertz CT molecular complexity index is 1240. The van der Waals surface area contributed by atoms with Crippen molar-refractivity contribution >= 4 is 34.4 Å². The van der Waals surface area contributed by atoms with Crippen LogP contribution in [-0.2, 0) is 9.59 Å². The fourth-order valence-corrected chi connectivity index (χ4v) is 3.82. The van der Waals surface area contributed by atoms with Crippen molar-refractivity contribution in [2.75, 3.05) is 36.3 Å². The zero-order chi connectivity index (χ0) is 23.7. The van der Waals surface area contributed by atoms with Gasteiger partial charge in [-0.25, -0.2) is 4.90 Å². The van der Waals surface area contributed by atoms with Crippen LogP contribution in [0, 0.1) is 13.8 Å². The van der Waals surface area contributed by atoms with Crippen molar-refractivity contribution in [2.24, 2.45) is 0 Å². The number of anilines is 3. The minimum Gasteiger partial charge on any atom is -0.495 e. The molecule has 0 spiro atoms. The second kappa shape index (κ2) is 8.82. The van der Waals surface area contributed by atoms with Crippen molar-refractivity contribution in [3.8, 4) is 5.75 Å². The maximum atomic E-state index is 13.6. The number of aryl methyl sites for hydroxylation is 2. The van der Waals surface area contributed by atoms with E-state index in [-0.39, 0.29) is 11.6 Å². The molecule has 6 nitrogen and oxygen atoms in total. The number of methoxy groups -OCH3 is 1. The van der Waals surface area contributed by atoms with Gasteiger partial charge in [0.25, 0.3) is 11.8 Å². The summed E-state index contributed by atoms with van der Waals surface area (Å²) in [6, 6.07) is 20.6. The van der Waals surface area contributed by atoms with Crippen LogP contribution in [0.4, 0.5) is 17.1 Å². The molecule has 0 radical (unpaired) electrons. The van der Waals surface area contributed by atoms with Gasteiger partial charge in [0.15, 0.2) is 0 Å². The van der Waals surface area contributed by atoms with Gasteiger partial charge in [-0.05, 0) is 61.4 Å². The number of imide groups is 1. The minimum absolute atomic E-state index is 0.226. The highest BCUT2D eigenvalue weighted by molar-refractivity contribution is 6.46. The SMILES string of the molecule is COc1ccc(C)cc1NC1=C(c2ccc(C)cc2)C(=O)N(c2ccc(N(C)C)cc2)C1=O. The van der Waals surface area contributed by atoms with Gasteiger partial charge in [0.05, 0.1) is 24.1 Å². The Balaban J connectivity index is 1.82. The minimum atomic E-state index is -0.406. The lowest BCUT2D eigenvalue weighted by Gasteiger charge is -2.18. The molecule has 33 heavy (non-hydrogen) atoms. The number of carbonyl (C=O) groups is 2. The summed E-state index contributed by atoms with van der Waals surface area (Å²) in [6.07, 6.45) is 0. The summed E-state index contributed by atoms with van der Waals surface area (Å²) in [4.78, 5) is 30.4. The van der Waals surface area contributed by atoms with Gasteiger partial charge in [-0.15, -0.1) is 0 Å². The smallest absolute Gasteiger partial charge is 0.282 e. The molecule has 0 saturated carbocycles. The van der Waals surface area contributed by atoms with E-state index in [1.165, 1.54) is 4.90 Å². The Morgan fingerprint density at radius 2 is 1.45 bits per heavy atom. The normalized spacial score (nSPS) is 13.5. The molecule has 3 aromatic carbocycles. The van der Waals surface area contributed by atoms with Crippen LogP contribution in [0.25, 0.3) is 5.57 Å². The summed E-state index contributed by atoms with van der Waals surface area (Å²) in [5.74, 6) is -0.183. The maximum absolute atomic E-state index is 13.6. The predicted molar refractivity (Wildman–Crippen MR) is 133 cm³/mol. The number of amides is 2. The number of nitrogens with one attached hydrogen (secondary N) is 1. The standard InChI is InChI=1S/C27H27N3O3/c1-17-6-9-19(10-7-17)24-25(28-22-16-18(2)8-15-23(22)33-5)27(32)30(26(24)31)21-13-11-20(12-14-21)29(3)4/h6-16,28H,1-5H3. The Labute approximate surface area is 194 Å². The van der Waals surface area contributed by atoms with Crippen LogP contribution in [0.1, 0.15) is 16.7 Å². The number of ether oxygens (including phenoxy) is 1. The molecule has 0 aliphatic carbocycles. The summed E-state index contributed by atoms with van der Waals surface area (Å²) >= 11 is 0. The molecule has 4 rings (SSSR count). The highest BCUT2D eigenvalue weighted by Gasteiger charge is 2.40. The van der Waals surface area contributed by atoms with E-state index in [1.807, 2.05) is 87.4 Å². The number of hydrogen-bond acceptors (Lipinski definition) is 5.